The van der Waals surface area contributed by atoms with Crippen molar-refractivity contribution in [3.63, 3.8) is 0 Å². The molecule has 1 radical (unpaired) electrons. The van der Waals surface area contributed by atoms with Crippen LogP contribution in [0.15, 0.2) is 18.2 Å². The molecule has 1 saturated heterocycles. The van der Waals surface area contributed by atoms with Gasteiger partial charge >= 0.3 is 0 Å². The van der Waals surface area contributed by atoms with E-state index in [9.17, 15) is 0 Å². The summed E-state index contributed by atoms with van der Waals surface area (Å²) in [7, 11) is 3.85. The van der Waals surface area contributed by atoms with Crippen LogP contribution in [0.5, 0.6) is 11.5 Å². The highest BCUT2D eigenvalue weighted by Crippen LogP contribution is 2.26. The summed E-state index contributed by atoms with van der Waals surface area (Å²) in [6, 6.07) is 8.56. The van der Waals surface area contributed by atoms with Crippen molar-refractivity contribution in [2.45, 2.75) is 19.3 Å². The Kier molecular flexibility index (Phi) is 4.88. The minimum absolute atomic E-state index is 0.765. The number of piperidine rings is 1. The van der Waals surface area contributed by atoms with Crippen LogP contribution in [0.4, 0.5) is 0 Å². The molecule has 3 nitrogen and oxygen atoms in total. The predicted octanol–water partition coefficient (Wildman–Crippen LogP) is 2.61. The highest BCUT2D eigenvalue weighted by Gasteiger charge is 2.16. The molecule has 0 saturated carbocycles. The van der Waals surface area contributed by atoms with Crippen molar-refractivity contribution in [1.29, 1.82) is 0 Å². The van der Waals surface area contributed by atoms with Gasteiger partial charge in [0.2, 0.25) is 0 Å². The van der Waals surface area contributed by atoms with Crippen molar-refractivity contribution >= 4 is 0 Å². The number of methoxy groups -OCH3 is 1. The average molecular weight is 248 g/mol. The molecule has 18 heavy (non-hydrogen) atoms. The van der Waals surface area contributed by atoms with E-state index in [0.29, 0.717) is 0 Å². The Balaban J connectivity index is 1.75. The van der Waals surface area contributed by atoms with Crippen LogP contribution in [-0.4, -0.2) is 38.8 Å². The molecular weight excluding hydrogens is 226 g/mol. The maximum atomic E-state index is 5.80. The number of benzene rings is 1. The lowest BCUT2D eigenvalue weighted by Gasteiger charge is -2.28. The fourth-order valence-electron chi connectivity index (χ4n) is 2.37. The number of nitrogens with zero attached hydrogens (tertiary/aromatic N) is 1. The average Bonchev–Trinajstić information content (AvgIpc) is 2.41. The molecule has 1 aromatic rings. The maximum Gasteiger partial charge on any atom is 0.161 e. The van der Waals surface area contributed by atoms with Crippen LogP contribution in [-0.2, 0) is 0 Å². The van der Waals surface area contributed by atoms with Gasteiger partial charge in [-0.05, 0) is 63.5 Å². The Labute approximate surface area is 110 Å². The minimum atomic E-state index is 0.765. The van der Waals surface area contributed by atoms with Crippen molar-refractivity contribution in [1.82, 2.24) is 4.90 Å². The van der Waals surface area contributed by atoms with Gasteiger partial charge in [0.25, 0.3) is 0 Å². The highest BCUT2D eigenvalue weighted by atomic mass is 16.5. The number of hydrogen-bond acceptors (Lipinski definition) is 3. The van der Waals surface area contributed by atoms with Gasteiger partial charge in [-0.25, -0.2) is 0 Å². The summed E-state index contributed by atoms with van der Waals surface area (Å²) >= 11 is 0. The minimum Gasteiger partial charge on any atom is -0.493 e. The quantitative estimate of drug-likeness (QED) is 0.799. The van der Waals surface area contributed by atoms with Crippen molar-refractivity contribution < 1.29 is 9.47 Å². The Hall–Kier alpha value is -1.22. The van der Waals surface area contributed by atoms with Gasteiger partial charge in [0.1, 0.15) is 0 Å². The summed E-state index contributed by atoms with van der Waals surface area (Å²) in [6.45, 7) is 3.21. The van der Waals surface area contributed by atoms with Gasteiger partial charge in [-0.15, -0.1) is 0 Å². The SMILES string of the molecule is COc1c[c]ccc1OCCC1CCN(C)CC1. The van der Waals surface area contributed by atoms with Crippen molar-refractivity contribution in [2.24, 2.45) is 5.92 Å². The van der Waals surface area contributed by atoms with Gasteiger partial charge in [0.15, 0.2) is 11.5 Å². The first-order valence-electron chi connectivity index (χ1n) is 6.65. The van der Waals surface area contributed by atoms with E-state index in [2.05, 4.69) is 18.0 Å². The van der Waals surface area contributed by atoms with E-state index in [1.807, 2.05) is 18.2 Å². The zero-order valence-electron chi connectivity index (χ0n) is 11.3. The van der Waals surface area contributed by atoms with E-state index >= 15 is 0 Å². The first kappa shape index (κ1) is 13.2. The maximum absolute atomic E-state index is 5.80. The fourth-order valence-corrected chi connectivity index (χ4v) is 2.37. The molecule has 0 aliphatic carbocycles. The smallest absolute Gasteiger partial charge is 0.161 e. The van der Waals surface area contributed by atoms with Gasteiger partial charge in [-0.2, -0.15) is 0 Å². The summed E-state index contributed by atoms with van der Waals surface area (Å²) in [5.41, 5.74) is 0. The number of rotatable bonds is 5. The third kappa shape index (κ3) is 3.64. The van der Waals surface area contributed by atoms with Crippen molar-refractivity contribution in [2.75, 3.05) is 33.9 Å². The molecule has 0 amide bonds. The first-order chi connectivity index (χ1) is 8.79. The van der Waals surface area contributed by atoms with E-state index < -0.39 is 0 Å². The molecule has 99 valence electrons. The molecule has 1 heterocycles. The second-order valence-corrected chi connectivity index (χ2v) is 4.96. The number of ether oxygens (including phenoxy) is 2. The predicted molar refractivity (Wildman–Crippen MR) is 72.2 cm³/mol. The molecule has 1 fully saturated rings. The molecule has 1 aliphatic rings. The molecule has 0 spiro atoms. The van der Waals surface area contributed by atoms with Gasteiger partial charge in [-0.1, -0.05) is 6.07 Å². The molecule has 2 rings (SSSR count). The molecule has 0 unspecified atom stereocenters. The van der Waals surface area contributed by atoms with Crippen LogP contribution in [0.25, 0.3) is 0 Å². The Morgan fingerprint density at radius 2 is 2.11 bits per heavy atom. The Morgan fingerprint density at radius 3 is 2.83 bits per heavy atom. The lowest BCUT2D eigenvalue weighted by Crippen LogP contribution is -2.30. The molecule has 0 N–H and O–H groups in total. The second-order valence-electron chi connectivity index (χ2n) is 4.96. The zero-order valence-corrected chi connectivity index (χ0v) is 11.3. The van der Waals surface area contributed by atoms with Crippen LogP contribution >= 0.6 is 0 Å². The normalized spacial score (nSPS) is 17.7. The number of hydrogen-bond donors (Lipinski definition) is 0. The van der Waals surface area contributed by atoms with Crippen LogP contribution in [0.2, 0.25) is 0 Å². The molecule has 1 aromatic carbocycles. The summed E-state index contributed by atoms with van der Waals surface area (Å²) in [4.78, 5) is 2.40. The summed E-state index contributed by atoms with van der Waals surface area (Å²) in [6.07, 6.45) is 3.72. The zero-order chi connectivity index (χ0) is 12.8. The van der Waals surface area contributed by atoms with Gasteiger partial charge in [0.05, 0.1) is 13.7 Å². The molecule has 0 atom stereocenters. The molecule has 0 bridgehead atoms. The Morgan fingerprint density at radius 1 is 1.33 bits per heavy atom. The van der Waals surface area contributed by atoms with Crippen LogP contribution < -0.4 is 9.47 Å². The van der Waals surface area contributed by atoms with Crippen LogP contribution in [0.1, 0.15) is 19.3 Å². The van der Waals surface area contributed by atoms with E-state index in [0.717, 1.165) is 30.4 Å². The van der Waals surface area contributed by atoms with Crippen LogP contribution in [0, 0.1) is 12.0 Å². The summed E-state index contributed by atoms with van der Waals surface area (Å²) < 4.78 is 11.0. The molecular formula is C15H22NO2. The molecule has 1 aliphatic heterocycles. The Bertz CT molecular complexity index is 359. The van der Waals surface area contributed by atoms with Gasteiger partial charge in [0, 0.05) is 0 Å². The second kappa shape index (κ2) is 6.64. The fraction of sp³-hybridized carbons (Fsp3) is 0.600. The third-order valence-corrected chi connectivity index (χ3v) is 3.63. The number of likely N-dealkylation sites (tertiary alicyclic amines) is 1. The van der Waals surface area contributed by atoms with E-state index in [1.165, 1.54) is 25.9 Å². The van der Waals surface area contributed by atoms with Crippen LogP contribution in [0.3, 0.4) is 0 Å². The topological polar surface area (TPSA) is 21.7 Å². The van der Waals surface area contributed by atoms with Gasteiger partial charge < -0.3 is 14.4 Å². The standard InChI is InChI=1S/C15H22NO2/c1-16-10-7-13(8-11-16)9-12-18-15-6-4-3-5-14(15)17-2/h4-6,13H,7-12H2,1-2H3. The summed E-state index contributed by atoms with van der Waals surface area (Å²) in [5.74, 6) is 2.40. The molecule has 3 heteroatoms. The highest BCUT2D eigenvalue weighted by molar-refractivity contribution is 5.38. The summed E-state index contributed by atoms with van der Waals surface area (Å²) in [5, 5.41) is 0. The largest absolute Gasteiger partial charge is 0.493 e. The van der Waals surface area contributed by atoms with E-state index in [4.69, 9.17) is 9.47 Å². The lowest BCUT2D eigenvalue weighted by molar-refractivity contribution is 0.185. The van der Waals surface area contributed by atoms with E-state index in [-0.39, 0.29) is 0 Å². The third-order valence-electron chi connectivity index (χ3n) is 3.63. The first-order valence-corrected chi connectivity index (χ1v) is 6.65. The van der Waals surface area contributed by atoms with E-state index in [1.54, 1.807) is 7.11 Å². The van der Waals surface area contributed by atoms with Crippen molar-refractivity contribution in [3.05, 3.63) is 24.3 Å². The lowest BCUT2D eigenvalue weighted by atomic mass is 9.94. The molecule has 0 aromatic heterocycles. The monoisotopic (exact) mass is 248 g/mol. The van der Waals surface area contributed by atoms with Gasteiger partial charge in [-0.3, -0.25) is 0 Å². The van der Waals surface area contributed by atoms with Crippen molar-refractivity contribution in [3.8, 4) is 11.5 Å².